The molecule has 1 fully saturated rings. The summed E-state index contributed by atoms with van der Waals surface area (Å²) in [6.07, 6.45) is 3.44. The van der Waals surface area contributed by atoms with Crippen LogP contribution in [0.1, 0.15) is 39.0 Å². The molecule has 1 saturated carbocycles. The van der Waals surface area contributed by atoms with Crippen molar-refractivity contribution in [3.05, 3.63) is 0 Å². The molecule has 4 N–H and O–H groups in total. The fourth-order valence-corrected chi connectivity index (χ4v) is 2.06. The SMILES string of the molecule is CCCCN(CC(N)=O)C(=O)NC(CC(=O)O)C1CC1. The molecule has 0 aromatic heterocycles. The fraction of sp³-hybridized carbons (Fsp3) is 0.769. The van der Waals surface area contributed by atoms with Gasteiger partial charge in [0.2, 0.25) is 5.91 Å². The van der Waals surface area contributed by atoms with Gasteiger partial charge in [-0.2, -0.15) is 0 Å². The number of carbonyl (C=O) groups excluding carboxylic acids is 2. The number of nitrogens with zero attached hydrogens (tertiary/aromatic N) is 1. The Morgan fingerprint density at radius 3 is 2.50 bits per heavy atom. The first-order valence-electron chi connectivity index (χ1n) is 6.99. The molecule has 1 aliphatic carbocycles. The number of carbonyl (C=O) groups is 3. The second-order valence-electron chi connectivity index (χ2n) is 5.23. The van der Waals surface area contributed by atoms with E-state index < -0.39 is 17.9 Å². The summed E-state index contributed by atoms with van der Waals surface area (Å²) in [7, 11) is 0. The maximum atomic E-state index is 12.1. The van der Waals surface area contributed by atoms with E-state index in [1.807, 2.05) is 6.92 Å². The lowest BCUT2D eigenvalue weighted by Crippen LogP contribution is -2.49. The third kappa shape index (κ3) is 5.90. The molecule has 0 saturated heterocycles. The first-order valence-corrected chi connectivity index (χ1v) is 6.99. The maximum absolute atomic E-state index is 12.1. The van der Waals surface area contributed by atoms with E-state index in [1.165, 1.54) is 4.90 Å². The van der Waals surface area contributed by atoms with E-state index in [9.17, 15) is 14.4 Å². The van der Waals surface area contributed by atoms with Gasteiger partial charge in [0.25, 0.3) is 0 Å². The molecular formula is C13H23N3O4. The Balaban J connectivity index is 2.57. The molecule has 114 valence electrons. The summed E-state index contributed by atoms with van der Waals surface area (Å²) in [6, 6.07) is -0.771. The normalized spacial score (nSPS) is 15.4. The Hall–Kier alpha value is -1.79. The number of hydrogen-bond donors (Lipinski definition) is 3. The highest BCUT2D eigenvalue weighted by Crippen LogP contribution is 2.34. The molecule has 7 heteroatoms. The molecule has 1 aliphatic rings. The summed E-state index contributed by atoms with van der Waals surface area (Å²) < 4.78 is 0. The van der Waals surface area contributed by atoms with Gasteiger partial charge in [0, 0.05) is 12.6 Å². The van der Waals surface area contributed by atoms with Gasteiger partial charge in [-0.1, -0.05) is 13.3 Å². The number of carboxylic acid groups (broad SMARTS) is 1. The second-order valence-corrected chi connectivity index (χ2v) is 5.23. The summed E-state index contributed by atoms with van der Waals surface area (Å²) in [5.74, 6) is -1.27. The van der Waals surface area contributed by atoms with Crippen molar-refractivity contribution in [2.45, 2.75) is 45.1 Å². The lowest BCUT2D eigenvalue weighted by Gasteiger charge is -2.25. The molecule has 1 unspecified atom stereocenters. The van der Waals surface area contributed by atoms with Crippen molar-refractivity contribution in [3.8, 4) is 0 Å². The van der Waals surface area contributed by atoms with Crippen LogP contribution in [0, 0.1) is 5.92 Å². The van der Waals surface area contributed by atoms with Gasteiger partial charge in [-0.25, -0.2) is 4.79 Å². The summed E-state index contributed by atoms with van der Waals surface area (Å²) in [4.78, 5) is 35.3. The molecule has 0 radical (unpaired) electrons. The number of urea groups is 1. The molecule has 0 aromatic rings. The van der Waals surface area contributed by atoms with Crippen molar-refractivity contribution < 1.29 is 19.5 Å². The number of primary amides is 1. The monoisotopic (exact) mass is 285 g/mol. The van der Waals surface area contributed by atoms with Crippen LogP contribution in [0.2, 0.25) is 0 Å². The Morgan fingerprint density at radius 1 is 1.40 bits per heavy atom. The van der Waals surface area contributed by atoms with E-state index >= 15 is 0 Å². The van der Waals surface area contributed by atoms with Gasteiger partial charge in [0.15, 0.2) is 0 Å². The van der Waals surface area contributed by atoms with Gasteiger partial charge >= 0.3 is 12.0 Å². The number of amides is 3. The number of aliphatic carboxylic acids is 1. The first-order chi connectivity index (χ1) is 9.43. The van der Waals surface area contributed by atoms with Gasteiger partial charge in [0.1, 0.15) is 6.54 Å². The Morgan fingerprint density at radius 2 is 2.05 bits per heavy atom. The molecule has 0 spiro atoms. The van der Waals surface area contributed by atoms with Crippen LogP contribution in [0.4, 0.5) is 4.79 Å². The van der Waals surface area contributed by atoms with Crippen molar-refractivity contribution in [2.24, 2.45) is 11.7 Å². The van der Waals surface area contributed by atoms with Crippen molar-refractivity contribution >= 4 is 17.9 Å². The number of nitrogens with two attached hydrogens (primary N) is 1. The molecule has 1 rings (SSSR count). The third-order valence-electron chi connectivity index (χ3n) is 3.31. The van der Waals surface area contributed by atoms with Crippen LogP contribution in [0.3, 0.4) is 0 Å². The second kappa shape index (κ2) is 7.72. The third-order valence-corrected chi connectivity index (χ3v) is 3.31. The first kappa shape index (κ1) is 16.3. The van der Waals surface area contributed by atoms with Gasteiger partial charge < -0.3 is 21.1 Å². The maximum Gasteiger partial charge on any atom is 0.318 e. The molecule has 0 aliphatic heterocycles. The lowest BCUT2D eigenvalue weighted by molar-refractivity contribution is -0.137. The van der Waals surface area contributed by atoms with Gasteiger partial charge in [-0.15, -0.1) is 0 Å². The minimum absolute atomic E-state index is 0.0887. The van der Waals surface area contributed by atoms with Crippen LogP contribution in [-0.4, -0.2) is 47.0 Å². The number of carboxylic acids is 1. The van der Waals surface area contributed by atoms with Crippen LogP contribution >= 0.6 is 0 Å². The number of hydrogen-bond acceptors (Lipinski definition) is 3. The zero-order valence-electron chi connectivity index (χ0n) is 11.8. The minimum Gasteiger partial charge on any atom is -0.481 e. The number of unbranched alkanes of at least 4 members (excludes halogenated alkanes) is 1. The van der Waals surface area contributed by atoms with Crippen LogP contribution in [0.5, 0.6) is 0 Å². The molecule has 1 atom stereocenters. The Bertz CT molecular complexity index is 369. The molecule has 0 heterocycles. The van der Waals surface area contributed by atoms with Crippen LogP contribution in [0.15, 0.2) is 0 Å². The summed E-state index contributed by atoms with van der Waals surface area (Å²) in [5.41, 5.74) is 5.13. The van der Waals surface area contributed by atoms with Gasteiger partial charge in [0.05, 0.1) is 6.42 Å². The van der Waals surface area contributed by atoms with Gasteiger partial charge in [-0.05, 0) is 25.2 Å². The smallest absolute Gasteiger partial charge is 0.318 e. The van der Waals surface area contributed by atoms with E-state index in [4.69, 9.17) is 10.8 Å². The summed E-state index contributed by atoms with van der Waals surface area (Å²) >= 11 is 0. The molecule has 20 heavy (non-hydrogen) atoms. The van der Waals surface area contributed by atoms with E-state index in [0.29, 0.717) is 6.54 Å². The van der Waals surface area contributed by atoms with Gasteiger partial charge in [-0.3, -0.25) is 9.59 Å². The summed E-state index contributed by atoms with van der Waals surface area (Å²) in [5, 5.41) is 11.6. The van der Waals surface area contributed by atoms with Crippen LogP contribution in [-0.2, 0) is 9.59 Å². The molecule has 0 aromatic carbocycles. The zero-order valence-corrected chi connectivity index (χ0v) is 11.8. The van der Waals surface area contributed by atoms with Crippen LogP contribution in [0.25, 0.3) is 0 Å². The van der Waals surface area contributed by atoms with Crippen molar-refractivity contribution in [1.82, 2.24) is 10.2 Å². The largest absolute Gasteiger partial charge is 0.481 e. The predicted molar refractivity (Wildman–Crippen MR) is 73.0 cm³/mol. The lowest BCUT2D eigenvalue weighted by atomic mass is 10.1. The Kier molecular flexibility index (Phi) is 6.27. The topological polar surface area (TPSA) is 113 Å². The molecule has 0 bridgehead atoms. The average Bonchev–Trinajstić information content (AvgIpc) is 3.16. The number of rotatable bonds is 9. The molecule has 7 nitrogen and oxygen atoms in total. The molecular weight excluding hydrogens is 262 g/mol. The minimum atomic E-state index is -0.933. The highest BCUT2D eigenvalue weighted by Gasteiger charge is 2.34. The standard InChI is InChI=1S/C13H23N3O4/c1-2-3-6-16(8-11(14)17)13(20)15-10(7-12(18)19)9-4-5-9/h9-10H,2-8H2,1H3,(H2,14,17)(H,15,20)(H,18,19). The average molecular weight is 285 g/mol. The van der Waals surface area contributed by atoms with Crippen LogP contribution < -0.4 is 11.1 Å². The highest BCUT2D eigenvalue weighted by molar-refractivity contribution is 5.83. The fourth-order valence-electron chi connectivity index (χ4n) is 2.06. The number of nitrogens with one attached hydrogen (secondary N) is 1. The summed E-state index contributed by atoms with van der Waals surface area (Å²) in [6.45, 7) is 2.28. The van der Waals surface area contributed by atoms with Crippen molar-refractivity contribution in [2.75, 3.05) is 13.1 Å². The van der Waals surface area contributed by atoms with Crippen molar-refractivity contribution in [3.63, 3.8) is 0 Å². The van der Waals surface area contributed by atoms with E-state index in [0.717, 1.165) is 25.7 Å². The van der Waals surface area contributed by atoms with E-state index in [1.54, 1.807) is 0 Å². The molecule has 3 amide bonds. The van der Waals surface area contributed by atoms with Crippen molar-refractivity contribution in [1.29, 1.82) is 0 Å². The van der Waals surface area contributed by atoms with E-state index in [2.05, 4.69) is 5.32 Å². The highest BCUT2D eigenvalue weighted by atomic mass is 16.4. The quantitative estimate of drug-likeness (QED) is 0.573. The zero-order chi connectivity index (χ0) is 15.1. The predicted octanol–water partition coefficient (Wildman–Crippen LogP) is 0.537. The Labute approximate surface area is 118 Å². The van der Waals surface area contributed by atoms with E-state index in [-0.39, 0.29) is 24.9 Å².